The van der Waals surface area contributed by atoms with Crippen molar-refractivity contribution in [3.8, 4) is 0 Å². The lowest BCUT2D eigenvalue weighted by atomic mass is 10.2. The average Bonchev–Trinajstić information content (AvgIpc) is 2.81. The van der Waals surface area contributed by atoms with Gasteiger partial charge in [0.15, 0.2) is 5.13 Å². The van der Waals surface area contributed by atoms with Crippen molar-refractivity contribution in [1.29, 1.82) is 0 Å². The Morgan fingerprint density at radius 1 is 1.35 bits per heavy atom. The summed E-state index contributed by atoms with van der Waals surface area (Å²) in [5, 5.41) is 1.75. The van der Waals surface area contributed by atoms with Crippen LogP contribution in [0, 0.1) is 0 Å². The first-order valence-electron chi connectivity index (χ1n) is 5.29. The van der Waals surface area contributed by atoms with Crippen molar-refractivity contribution in [2.75, 3.05) is 11.9 Å². The van der Waals surface area contributed by atoms with Gasteiger partial charge in [-0.15, -0.1) is 11.3 Å². The summed E-state index contributed by atoms with van der Waals surface area (Å²) in [6.45, 7) is 1.36. The van der Waals surface area contributed by atoms with Crippen LogP contribution in [0.2, 0.25) is 5.02 Å². The van der Waals surface area contributed by atoms with Crippen LogP contribution < -0.4 is 10.6 Å². The molecule has 0 aliphatic rings. The molecule has 0 saturated carbocycles. The number of thiazole rings is 1. The molecular formula is C12H14ClN3S. The zero-order chi connectivity index (χ0) is 12.3. The molecule has 2 rings (SSSR count). The van der Waals surface area contributed by atoms with Crippen molar-refractivity contribution in [1.82, 2.24) is 4.98 Å². The molecule has 0 aliphatic carbocycles. The van der Waals surface area contributed by atoms with Crippen LogP contribution in [0.4, 0.5) is 5.13 Å². The van der Waals surface area contributed by atoms with E-state index in [-0.39, 0.29) is 0 Å². The van der Waals surface area contributed by atoms with Crippen molar-refractivity contribution in [3.05, 3.63) is 45.9 Å². The third-order valence-corrected chi connectivity index (χ3v) is 3.79. The van der Waals surface area contributed by atoms with Gasteiger partial charge < -0.3 is 10.6 Å². The van der Waals surface area contributed by atoms with Gasteiger partial charge in [-0.3, -0.25) is 0 Å². The highest BCUT2D eigenvalue weighted by Gasteiger charge is 2.06. The minimum absolute atomic E-state index is 0.548. The largest absolute Gasteiger partial charge is 0.347 e. The number of anilines is 1. The Bertz CT molecular complexity index is 481. The van der Waals surface area contributed by atoms with Crippen molar-refractivity contribution in [2.45, 2.75) is 13.1 Å². The summed E-state index contributed by atoms with van der Waals surface area (Å²) < 4.78 is 0. The van der Waals surface area contributed by atoms with E-state index < -0.39 is 0 Å². The molecule has 1 aromatic carbocycles. The van der Waals surface area contributed by atoms with E-state index in [9.17, 15) is 0 Å². The molecule has 0 atom stereocenters. The number of hydrogen-bond acceptors (Lipinski definition) is 4. The van der Waals surface area contributed by atoms with Gasteiger partial charge in [-0.25, -0.2) is 4.98 Å². The Kier molecular flexibility index (Phi) is 3.99. The molecule has 1 heterocycles. The number of aromatic nitrogens is 1. The lowest BCUT2D eigenvalue weighted by Crippen LogP contribution is -2.15. The lowest BCUT2D eigenvalue weighted by molar-refractivity contribution is 0.914. The van der Waals surface area contributed by atoms with Gasteiger partial charge in [-0.05, 0) is 17.7 Å². The first kappa shape index (κ1) is 12.4. The summed E-state index contributed by atoms with van der Waals surface area (Å²) >= 11 is 7.48. The second-order valence-corrected chi connectivity index (χ2v) is 5.33. The first-order valence-corrected chi connectivity index (χ1v) is 6.49. The Morgan fingerprint density at radius 3 is 2.65 bits per heavy atom. The van der Waals surface area contributed by atoms with Gasteiger partial charge >= 0.3 is 0 Å². The zero-order valence-electron chi connectivity index (χ0n) is 9.56. The molecule has 0 radical (unpaired) electrons. The van der Waals surface area contributed by atoms with Crippen molar-refractivity contribution in [2.24, 2.45) is 5.73 Å². The quantitative estimate of drug-likeness (QED) is 0.926. The van der Waals surface area contributed by atoms with E-state index in [0.29, 0.717) is 6.54 Å². The van der Waals surface area contributed by atoms with Crippen LogP contribution >= 0.6 is 22.9 Å². The first-order chi connectivity index (χ1) is 8.19. The molecule has 0 saturated heterocycles. The van der Waals surface area contributed by atoms with E-state index in [1.807, 2.05) is 37.5 Å². The molecule has 0 fully saturated rings. The van der Waals surface area contributed by atoms with Crippen LogP contribution in [0.1, 0.15) is 10.4 Å². The number of nitrogens with two attached hydrogens (primary N) is 1. The van der Waals surface area contributed by atoms with Crippen molar-refractivity contribution >= 4 is 28.1 Å². The molecular weight excluding hydrogens is 254 g/mol. The monoisotopic (exact) mass is 267 g/mol. The summed E-state index contributed by atoms with van der Waals surface area (Å²) in [5.41, 5.74) is 6.78. The Balaban J connectivity index is 2.05. The van der Waals surface area contributed by atoms with Gasteiger partial charge in [-0.2, -0.15) is 0 Å². The molecule has 1 aromatic heterocycles. The fourth-order valence-electron chi connectivity index (χ4n) is 1.50. The zero-order valence-corrected chi connectivity index (χ0v) is 11.1. The average molecular weight is 268 g/mol. The highest BCUT2D eigenvalue weighted by molar-refractivity contribution is 7.15. The SMILES string of the molecule is CN(Cc1ccc(Cl)cc1)c1ncc(CN)s1. The van der Waals surface area contributed by atoms with Crippen LogP contribution in [0.3, 0.4) is 0 Å². The summed E-state index contributed by atoms with van der Waals surface area (Å²) in [6.07, 6.45) is 1.83. The van der Waals surface area contributed by atoms with E-state index in [1.54, 1.807) is 11.3 Å². The van der Waals surface area contributed by atoms with Gasteiger partial charge in [0.1, 0.15) is 0 Å². The van der Waals surface area contributed by atoms with E-state index in [2.05, 4.69) is 9.88 Å². The fraction of sp³-hybridized carbons (Fsp3) is 0.250. The molecule has 0 spiro atoms. The van der Waals surface area contributed by atoms with Crippen molar-refractivity contribution < 1.29 is 0 Å². The molecule has 17 heavy (non-hydrogen) atoms. The van der Waals surface area contributed by atoms with E-state index in [0.717, 1.165) is 21.6 Å². The molecule has 90 valence electrons. The molecule has 5 heteroatoms. The third-order valence-electron chi connectivity index (χ3n) is 2.40. The van der Waals surface area contributed by atoms with Crippen LogP contribution in [-0.2, 0) is 13.1 Å². The van der Waals surface area contributed by atoms with Gasteiger partial charge in [-0.1, -0.05) is 23.7 Å². The maximum absolute atomic E-state index is 5.85. The lowest BCUT2D eigenvalue weighted by Gasteiger charge is -2.15. The second-order valence-electron chi connectivity index (χ2n) is 3.80. The van der Waals surface area contributed by atoms with E-state index >= 15 is 0 Å². The van der Waals surface area contributed by atoms with Gasteiger partial charge in [0.05, 0.1) is 0 Å². The predicted molar refractivity (Wildman–Crippen MR) is 73.6 cm³/mol. The van der Waals surface area contributed by atoms with Crippen LogP contribution in [0.25, 0.3) is 0 Å². The maximum atomic E-state index is 5.85. The summed E-state index contributed by atoms with van der Waals surface area (Å²) in [4.78, 5) is 7.54. The van der Waals surface area contributed by atoms with Crippen molar-refractivity contribution in [3.63, 3.8) is 0 Å². The minimum Gasteiger partial charge on any atom is -0.347 e. The molecule has 0 amide bonds. The molecule has 3 nitrogen and oxygen atoms in total. The smallest absolute Gasteiger partial charge is 0.185 e. The van der Waals surface area contributed by atoms with Crippen LogP contribution in [-0.4, -0.2) is 12.0 Å². The Morgan fingerprint density at radius 2 is 2.06 bits per heavy atom. The summed E-state index contributed by atoms with van der Waals surface area (Å²) in [6, 6.07) is 7.85. The summed E-state index contributed by atoms with van der Waals surface area (Å²) in [5.74, 6) is 0. The normalized spacial score (nSPS) is 10.5. The number of hydrogen-bond donors (Lipinski definition) is 1. The molecule has 2 aromatic rings. The highest BCUT2D eigenvalue weighted by atomic mass is 35.5. The fourth-order valence-corrected chi connectivity index (χ4v) is 2.37. The molecule has 2 N–H and O–H groups in total. The standard InChI is InChI=1S/C12H14ClN3S/c1-16(12-15-7-11(6-14)17-12)8-9-2-4-10(13)5-3-9/h2-5,7H,6,8,14H2,1H3. The Labute approximate surface area is 110 Å². The Hall–Kier alpha value is -1.10. The maximum Gasteiger partial charge on any atom is 0.185 e. The summed E-state index contributed by atoms with van der Waals surface area (Å²) in [7, 11) is 2.02. The predicted octanol–water partition coefficient (Wildman–Crippen LogP) is 2.89. The van der Waals surface area contributed by atoms with E-state index in [4.69, 9.17) is 17.3 Å². The van der Waals surface area contributed by atoms with E-state index in [1.165, 1.54) is 5.56 Å². The molecule has 0 aliphatic heterocycles. The number of rotatable bonds is 4. The third kappa shape index (κ3) is 3.19. The highest BCUT2D eigenvalue weighted by Crippen LogP contribution is 2.22. The molecule has 0 bridgehead atoms. The second kappa shape index (κ2) is 5.49. The number of halogens is 1. The van der Waals surface area contributed by atoms with Crippen LogP contribution in [0.15, 0.2) is 30.5 Å². The van der Waals surface area contributed by atoms with Crippen LogP contribution in [0.5, 0.6) is 0 Å². The topological polar surface area (TPSA) is 42.2 Å². The number of nitrogens with zero attached hydrogens (tertiary/aromatic N) is 2. The van der Waals surface area contributed by atoms with Gasteiger partial charge in [0, 0.05) is 36.2 Å². The van der Waals surface area contributed by atoms with Gasteiger partial charge in [0.2, 0.25) is 0 Å². The minimum atomic E-state index is 0.548. The molecule has 0 unspecified atom stereocenters. The number of benzene rings is 1. The van der Waals surface area contributed by atoms with Gasteiger partial charge in [0.25, 0.3) is 0 Å².